The van der Waals surface area contributed by atoms with Crippen molar-refractivity contribution in [2.45, 2.75) is 0 Å². The summed E-state index contributed by atoms with van der Waals surface area (Å²) in [6.45, 7) is 0. The Morgan fingerprint density at radius 3 is 1.72 bits per heavy atom. The van der Waals surface area contributed by atoms with Crippen molar-refractivity contribution in [3.63, 3.8) is 0 Å². The van der Waals surface area contributed by atoms with Gasteiger partial charge in [0, 0.05) is 50.0 Å². The van der Waals surface area contributed by atoms with Crippen molar-refractivity contribution in [3.8, 4) is 45.2 Å². The highest BCUT2D eigenvalue weighted by Gasteiger charge is 2.15. The van der Waals surface area contributed by atoms with Gasteiger partial charge in [0.2, 0.25) is 0 Å². The van der Waals surface area contributed by atoms with Crippen LogP contribution in [0.2, 0.25) is 0 Å². The second-order valence-electron chi connectivity index (χ2n) is 11.3. The average Bonchev–Trinajstić information content (AvgIpc) is 3.14. The fourth-order valence-electron chi connectivity index (χ4n) is 6.21. The van der Waals surface area contributed by atoms with Gasteiger partial charge in [-0.25, -0.2) is 19.9 Å². The van der Waals surface area contributed by atoms with E-state index in [1.54, 1.807) is 0 Å². The molecule has 0 aliphatic heterocycles. The second kappa shape index (κ2) is 10.7. The van der Waals surface area contributed by atoms with Gasteiger partial charge in [-0.1, -0.05) is 127 Å². The second-order valence-corrected chi connectivity index (χ2v) is 11.3. The van der Waals surface area contributed by atoms with Crippen LogP contribution in [0.5, 0.6) is 0 Å². The van der Waals surface area contributed by atoms with E-state index in [1.165, 1.54) is 0 Å². The molecular weight excluding hydrogens is 562 g/mol. The Morgan fingerprint density at radius 1 is 0.370 bits per heavy atom. The Kier molecular flexibility index (Phi) is 6.06. The Morgan fingerprint density at radius 2 is 1.00 bits per heavy atom. The predicted octanol–water partition coefficient (Wildman–Crippen LogP) is 9.94. The molecule has 0 unspecified atom stereocenters. The van der Waals surface area contributed by atoms with Gasteiger partial charge < -0.3 is 0 Å². The molecule has 0 N–H and O–H groups in total. The van der Waals surface area contributed by atoms with Gasteiger partial charge in [0.1, 0.15) is 0 Å². The average molecular weight is 588 g/mol. The fourth-order valence-corrected chi connectivity index (χ4v) is 6.21. The molecule has 5 heteroatoms. The minimum atomic E-state index is 0.680. The lowest BCUT2D eigenvalue weighted by Gasteiger charge is -2.12. The molecular formula is C41H25N5. The molecule has 0 atom stereocenters. The van der Waals surface area contributed by atoms with E-state index in [1.807, 2.05) is 48.7 Å². The molecule has 0 radical (unpaired) electrons. The summed E-state index contributed by atoms with van der Waals surface area (Å²) >= 11 is 0. The van der Waals surface area contributed by atoms with E-state index in [0.717, 1.165) is 82.9 Å². The van der Waals surface area contributed by atoms with Crippen molar-refractivity contribution in [1.29, 1.82) is 0 Å². The number of rotatable bonds is 4. The van der Waals surface area contributed by atoms with Crippen molar-refractivity contribution < 1.29 is 0 Å². The van der Waals surface area contributed by atoms with Crippen molar-refractivity contribution in [2.75, 3.05) is 0 Å². The van der Waals surface area contributed by atoms with Gasteiger partial charge in [-0.3, -0.25) is 4.98 Å². The van der Waals surface area contributed by atoms with E-state index in [-0.39, 0.29) is 0 Å². The van der Waals surface area contributed by atoms with Crippen LogP contribution in [0.1, 0.15) is 0 Å². The molecule has 214 valence electrons. The largest absolute Gasteiger partial charge is 0.254 e. The van der Waals surface area contributed by atoms with Gasteiger partial charge in [0.15, 0.2) is 5.82 Å². The third-order valence-corrected chi connectivity index (χ3v) is 8.49. The third kappa shape index (κ3) is 4.45. The van der Waals surface area contributed by atoms with Crippen LogP contribution < -0.4 is 0 Å². The zero-order chi connectivity index (χ0) is 30.5. The number of pyridine rings is 3. The molecule has 0 bridgehead atoms. The van der Waals surface area contributed by atoms with Crippen LogP contribution in [-0.2, 0) is 0 Å². The number of aromatic nitrogens is 5. The molecule has 5 aromatic carbocycles. The van der Waals surface area contributed by atoms with Crippen LogP contribution in [0.25, 0.3) is 88.8 Å². The van der Waals surface area contributed by atoms with Crippen LogP contribution in [0.4, 0.5) is 0 Å². The lowest BCUT2D eigenvalue weighted by Crippen LogP contribution is -1.96. The number of nitrogens with zero attached hydrogens (tertiary/aromatic N) is 5. The van der Waals surface area contributed by atoms with E-state index in [2.05, 4.69) is 108 Å². The zero-order valence-electron chi connectivity index (χ0n) is 24.7. The highest BCUT2D eigenvalue weighted by atomic mass is 14.9. The maximum Gasteiger partial charge on any atom is 0.160 e. The van der Waals surface area contributed by atoms with E-state index in [0.29, 0.717) is 5.82 Å². The Hall–Kier alpha value is -6.33. The number of fused-ring (bicyclic) bond motifs is 6. The lowest BCUT2D eigenvalue weighted by molar-refractivity contribution is 1.18. The van der Waals surface area contributed by atoms with Crippen molar-refractivity contribution in [1.82, 2.24) is 24.9 Å². The summed E-state index contributed by atoms with van der Waals surface area (Å²) in [6.07, 6.45) is 1.82. The van der Waals surface area contributed by atoms with Crippen molar-refractivity contribution in [2.24, 2.45) is 0 Å². The molecule has 5 nitrogen and oxygen atoms in total. The highest BCUT2D eigenvalue weighted by molar-refractivity contribution is 6.14. The molecule has 9 rings (SSSR count). The molecule has 4 aromatic heterocycles. The van der Waals surface area contributed by atoms with Crippen LogP contribution in [0.15, 0.2) is 152 Å². The summed E-state index contributed by atoms with van der Waals surface area (Å²) in [4.78, 5) is 25.0. The first-order chi connectivity index (χ1) is 22.8. The summed E-state index contributed by atoms with van der Waals surface area (Å²) < 4.78 is 0. The van der Waals surface area contributed by atoms with Crippen LogP contribution in [-0.4, -0.2) is 24.9 Å². The molecule has 9 aromatic rings. The molecule has 0 aliphatic rings. The fraction of sp³-hybridized carbons (Fsp3) is 0. The number of hydrogen-bond donors (Lipinski definition) is 0. The maximum atomic E-state index is 5.20. The van der Waals surface area contributed by atoms with E-state index >= 15 is 0 Å². The number of benzene rings is 5. The molecule has 0 fully saturated rings. The molecule has 0 spiro atoms. The molecule has 0 amide bonds. The molecule has 0 saturated carbocycles. The summed E-state index contributed by atoms with van der Waals surface area (Å²) in [5, 5.41) is 4.21. The van der Waals surface area contributed by atoms with Gasteiger partial charge in [0.25, 0.3) is 0 Å². The monoisotopic (exact) mass is 587 g/mol. The number of hydrogen-bond acceptors (Lipinski definition) is 5. The molecule has 46 heavy (non-hydrogen) atoms. The summed E-state index contributed by atoms with van der Waals surface area (Å²) in [5.74, 6) is 0.680. The minimum absolute atomic E-state index is 0.680. The van der Waals surface area contributed by atoms with Gasteiger partial charge in [-0.15, -0.1) is 0 Å². The summed E-state index contributed by atoms with van der Waals surface area (Å²) in [6, 6.07) is 49.7. The van der Waals surface area contributed by atoms with Gasteiger partial charge >= 0.3 is 0 Å². The van der Waals surface area contributed by atoms with E-state index in [4.69, 9.17) is 19.9 Å². The lowest BCUT2D eigenvalue weighted by atomic mass is 10.00. The Labute approximate surface area is 264 Å². The summed E-state index contributed by atoms with van der Waals surface area (Å²) in [7, 11) is 0. The molecule has 0 aliphatic carbocycles. The Balaban J connectivity index is 1.18. The topological polar surface area (TPSA) is 64.5 Å². The molecule has 0 saturated heterocycles. The third-order valence-electron chi connectivity index (χ3n) is 8.49. The molecule has 4 heterocycles. The first kappa shape index (κ1) is 26.1. The normalized spacial score (nSPS) is 11.5. The Bertz CT molecular complexity index is 2510. The quantitative estimate of drug-likeness (QED) is 0.151. The first-order valence-electron chi connectivity index (χ1n) is 15.3. The standard InChI is InChI=1S/C41H25N5/c1-3-10-26(11-4-1)34-25-35(27-12-5-2-6-13-27)45-41(44-34)30-20-17-29(18-21-30)37-32-15-7-8-16-33(32)40-36(43-37)24-31-22-19-28-14-9-23-42-38(28)39(31)46-40/h1-25H. The van der Waals surface area contributed by atoms with Crippen molar-refractivity contribution >= 4 is 43.6 Å². The minimum Gasteiger partial charge on any atom is -0.254 e. The highest BCUT2D eigenvalue weighted by Crippen LogP contribution is 2.35. The van der Waals surface area contributed by atoms with E-state index in [9.17, 15) is 0 Å². The van der Waals surface area contributed by atoms with Crippen LogP contribution >= 0.6 is 0 Å². The maximum absolute atomic E-state index is 5.20. The first-order valence-corrected chi connectivity index (χ1v) is 15.3. The van der Waals surface area contributed by atoms with Crippen LogP contribution in [0.3, 0.4) is 0 Å². The predicted molar refractivity (Wildman–Crippen MR) is 187 cm³/mol. The van der Waals surface area contributed by atoms with Crippen LogP contribution in [0, 0.1) is 0 Å². The summed E-state index contributed by atoms with van der Waals surface area (Å²) in [5.41, 5.74) is 10.3. The van der Waals surface area contributed by atoms with E-state index < -0.39 is 0 Å². The van der Waals surface area contributed by atoms with Gasteiger partial charge in [-0.2, -0.15) is 0 Å². The van der Waals surface area contributed by atoms with Crippen molar-refractivity contribution in [3.05, 3.63) is 152 Å². The van der Waals surface area contributed by atoms with Gasteiger partial charge in [-0.05, 0) is 18.2 Å². The zero-order valence-corrected chi connectivity index (χ0v) is 24.7. The SMILES string of the molecule is c1ccc(-c2cc(-c3ccccc3)nc(-c3ccc(-c4nc5cc6ccc7cccnc7c6nc5c5ccccc45)cc3)n2)cc1. The smallest absolute Gasteiger partial charge is 0.160 e. The van der Waals surface area contributed by atoms with Gasteiger partial charge in [0.05, 0.1) is 39.1 Å².